The summed E-state index contributed by atoms with van der Waals surface area (Å²) in [7, 11) is 1.51. The van der Waals surface area contributed by atoms with Gasteiger partial charge >= 0.3 is 5.97 Å². The maximum absolute atomic E-state index is 11.4. The van der Waals surface area contributed by atoms with Gasteiger partial charge in [0.15, 0.2) is 0 Å². The van der Waals surface area contributed by atoms with E-state index < -0.39 is 5.97 Å². The number of ether oxygens (including phenoxy) is 1. The maximum Gasteiger partial charge on any atom is 0.317 e. The van der Waals surface area contributed by atoms with Gasteiger partial charge in [-0.05, 0) is 12.1 Å². The Morgan fingerprint density at radius 3 is 2.65 bits per heavy atom. The number of nitrogens with one attached hydrogen (secondary N) is 2. The van der Waals surface area contributed by atoms with E-state index >= 15 is 0 Å². The Kier molecular flexibility index (Phi) is 4.96. The van der Waals surface area contributed by atoms with E-state index in [0.29, 0.717) is 11.4 Å². The van der Waals surface area contributed by atoms with Crippen molar-refractivity contribution in [2.45, 2.75) is 0 Å². The van der Waals surface area contributed by atoms with Gasteiger partial charge in [0.2, 0.25) is 5.91 Å². The lowest BCUT2D eigenvalue weighted by Crippen LogP contribution is -2.31. The Morgan fingerprint density at radius 2 is 2.00 bits per heavy atom. The van der Waals surface area contributed by atoms with Gasteiger partial charge in [-0.25, -0.2) is 0 Å². The average molecular weight is 238 g/mol. The summed E-state index contributed by atoms with van der Waals surface area (Å²) in [4.78, 5) is 21.7. The number of carbonyl (C=O) groups excluding carboxylic acids is 1. The van der Waals surface area contributed by atoms with Crippen LogP contribution in [0.5, 0.6) is 5.75 Å². The molecule has 0 atom stereocenters. The van der Waals surface area contributed by atoms with Crippen molar-refractivity contribution in [3.05, 3.63) is 24.3 Å². The van der Waals surface area contributed by atoms with Gasteiger partial charge in [0.05, 0.1) is 25.9 Å². The number of amides is 1. The van der Waals surface area contributed by atoms with Crippen LogP contribution in [0.2, 0.25) is 0 Å². The molecule has 1 aromatic rings. The number of anilines is 1. The third-order valence-electron chi connectivity index (χ3n) is 1.94. The van der Waals surface area contributed by atoms with Crippen molar-refractivity contribution in [1.29, 1.82) is 0 Å². The highest BCUT2D eigenvalue weighted by atomic mass is 16.5. The summed E-state index contributed by atoms with van der Waals surface area (Å²) >= 11 is 0. The number of carboxylic acids is 1. The van der Waals surface area contributed by atoms with Gasteiger partial charge in [0, 0.05) is 0 Å². The fraction of sp³-hybridized carbons (Fsp3) is 0.273. The van der Waals surface area contributed by atoms with E-state index in [-0.39, 0.29) is 19.0 Å². The van der Waals surface area contributed by atoms with Crippen LogP contribution in [0.3, 0.4) is 0 Å². The zero-order chi connectivity index (χ0) is 12.7. The topological polar surface area (TPSA) is 87.7 Å². The molecule has 0 aliphatic rings. The summed E-state index contributed by atoms with van der Waals surface area (Å²) in [6.45, 7) is -0.316. The smallest absolute Gasteiger partial charge is 0.317 e. The minimum Gasteiger partial charge on any atom is -0.495 e. The second kappa shape index (κ2) is 6.49. The monoisotopic (exact) mass is 238 g/mol. The molecule has 0 spiro atoms. The number of hydrogen-bond acceptors (Lipinski definition) is 4. The number of hydrogen-bond donors (Lipinski definition) is 3. The SMILES string of the molecule is COc1ccccc1NC(=O)CNCC(=O)O. The number of benzene rings is 1. The average Bonchev–Trinajstić information content (AvgIpc) is 2.29. The largest absolute Gasteiger partial charge is 0.495 e. The number of aliphatic carboxylic acids is 1. The summed E-state index contributed by atoms with van der Waals surface area (Å²) in [6, 6.07) is 6.98. The molecule has 0 bridgehead atoms. The Balaban J connectivity index is 2.47. The quantitative estimate of drug-likeness (QED) is 0.663. The lowest BCUT2D eigenvalue weighted by molar-refractivity contribution is -0.135. The highest BCUT2D eigenvalue weighted by Gasteiger charge is 2.06. The molecule has 0 aliphatic carbocycles. The minimum absolute atomic E-state index is 0.0651. The maximum atomic E-state index is 11.4. The van der Waals surface area contributed by atoms with E-state index in [0.717, 1.165) is 0 Å². The van der Waals surface area contributed by atoms with Crippen LogP contribution >= 0.6 is 0 Å². The predicted molar refractivity (Wildman–Crippen MR) is 62.1 cm³/mol. The minimum atomic E-state index is -1.00. The van der Waals surface area contributed by atoms with Crippen molar-refractivity contribution in [3.8, 4) is 5.75 Å². The molecular weight excluding hydrogens is 224 g/mol. The van der Waals surface area contributed by atoms with Crippen molar-refractivity contribution < 1.29 is 19.4 Å². The van der Waals surface area contributed by atoms with Crippen LogP contribution in [-0.2, 0) is 9.59 Å². The van der Waals surface area contributed by atoms with Crippen LogP contribution in [0, 0.1) is 0 Å². The van der Waals surface area contributed by atoms with E-state index in [1.54, 1.807) is 24.3 Å². The van der Waals surface area contributed by atoms with Gasteiger partial charge in [-0.3, -0.25) is 14.9 Å². The van der Waals surface area contributed by atoms with Gasteiger partial charge in [-0.1, -0.05) is 12.1 Å². The first-order valence-corrected chi connectivity index (χ1v) is 4.99. The number of methoxy groups -OCH3 is 1. The first-order chi connectivity index (χ1) is 8.13. The van der Waals surface area contributed by atoms with Crippen molar-refractivity contribution in [2.24, 2.45) is 0 Å². The molecule has 3 N–H and O–H groups in total. The number of carboxylic acid groups (broad SMARTS) is 1. The summed E-state index contributed by atoms with van der Waals surface area (Å²) in [5.74, 6) is -0.773. The second-order valence-electron chi connectivity index (χ2n) is 3.25. The molecule has 0 aliphatic heterocycles. The normalized spacial score (nSPS) is 9.71. The number of para-hydroxylation sites is 2. The van der Waals surface area contributed by atoms with Crippen LogP contribution in [-0.4, -0.2) is 37.2 Å². The van der Waals surface area contributed by atoms with Gasteiger partial charge in [0.25, 0.3) is 0 Å². The molecule has 1 rings (SSSR count). The molecule has 17 heavy (non-hydrogen) atoms. The first-order valence-electron chi connectivity index (χ1n) is 4.99. The van der Waals surface area contributed by atoms with Crippen molar-refractivity contribution in [3.63, 3.8) is 0 Å². The molecule has 1 aromatic carbocycles. The molecule has 0 unspecified atom stereocenters. The Labute approximate surface area is 98.6 Å². The molecule has 92 valence electrons. The molecule has 1 amide bonds. The van der Waals surface area contributed by atoms with Crippen LogP contribution in [0.1, 0.15) is 0 Å². The standard InChI is InChI=1S/C11H14N2O4/c1-17-9-5-3-2-4-8(9)13-10(14)6-12-7-11(15)16/h2-5,12H,6-7H2,1H3,(H,13,14)(H,15,16). The Morgan fingerprint density at radius 1 is 1.29 bits per heavy atom. The van der Waals surface area contributed by atoms with Gasteiger partial charge in [-0.2, -0.15) is 0 Å². The lowest BCUT2D eigenvalue weighted by atomic mass is 10.3. The van der Waals surface area contributed by atoms with Crippen molar-refractivity contribution in [1.82, 2.24) is 5.32 Å². The zero-order valence-corrected chi connectivity index (χ0v) is 9.40. The zero-order valence-electron chi connectivity index (χ0n) is 9.40. The highest BCUT2D eigenvalue weighted by Crippen LogP contribution is 2.22. The lowest BCUT2D eigenvalue weighted by Gasteiger charge is -2.09. The van der Waals surface area contributed by atoms with E-state index in [2.05, 4.69) is 10.6 Å². The third kappa shape index (κ3) is 4.52. The molecule has 6 heteroatoms. The highest BCUT2D eigenvalue weighted by molar-refractivity contribution is 5.93. The molecule has 0 fully saturated rings. The summed E-state index contributed by atoms with van der Waals surface area (Å²) in [6.07, 6.45) is 0. The van der Waals surface area contributed by atoms with Crippen LogP contribution in [0.15, 0.2) is 24.3 Å². The first kappa shape index (κ1) is 13.0. The van der Waals surface area contributed by atoms with Crippen molar-refractivity contribution in [2.75, 3.05) is 25.5 Å². The fourth-order valence-corrected chi connectivity index (χ4v) is 1.23. The van der Waals surface area contributed by atoms with Crippen LogP contribution < -0.4 is 15.4 Å². The molecule has 0 heterocycles. The van der Waals surface area contributed by atoms with E-state index in [1.807, 2.05) is 0 Å². The second-order valence-corrected chi connectivity index (χ2v) is 3.25. The van der Waals surface area contributed by atoms with Crippen LogP contribution in [0.25, 0.3) is 0 Å². The molecule has 6 nitrogen and oxygen atoms in total. The molecule has 0 radical (unpaired) electrons. The molecule has 0 saturated heterocycles. The molecular formula is C11H14N2O4. The van der Waals surface area contributed by atoms with Gasteiger partial charge in [0.1, 0.15) is 5.75 Å². The van der Waals surface area contributed by atoms with Gasteiger partial charge < -0.3 is 15.2 Å². The van der Waals surface area contributed by atoms with E-state index in [1.165, 1.54) is 7.11 Å². The Hall–Kier alpha value is -2.08. The summed E-state index contributed by atoms with van der Waals surface area (Å²) in [5.41, 5.74) is 0.553. The molecule has 0 aromatic heterocycles. The van der Waals surface area contributed by atoms with E-state index in [9.17, 15) is 9.59 Å². The Bertz CT molecular complexity index is 406. The third-order valence-corrected chi connectivity index (χ3v) is 1.94. The summed E-state index contributed by atoms with van der Waals surface area (Å²) in [5, 5.41) is 13.5. The van der Waals surface area contributed by atoms with Gasteiger partial charge in [-0.15, -0.1) is 0 Å². The molecule has 0 saturated carbocycles. The van der Waals surface area contributed by atoms with Crippen molar-refractivity contribution >= 4 is 17.6 Å². The predicted octanol–water partition coefficient (Wildman–Crippen LogP) is 0.308. The van der Waals surface area contributed by atoms with E-state index in [4.69, 9.17) is 9.84 Å². The number of rotatable bonds is 6. The van der Waals surface area contributed by atoms with Crippen LogP contribution in [0.4, 0.5) is 5.69 Å². The summed E-state index contributed by atoms with van der Waals surface area (Å²) < 4.78 is 5.06. The fourth-order valence-electron chi connectivity index (χ4n) is 1.23. The number of carbonyl (C=O) groups is 2.